The Bertz CT molecular complexity index is 270. The van der Waals surface area contributed by atoms with Gasteiger partial charge in [0, 0.05) is 22.7 Å². The molecule has 0 N–H and O–H groups in total. The van der Waals surface area contributed by atoms with Crippen LogP contribution in [0.3, 0.4) is 0 Å². The fourth-order valence-corrected chi connectivity index (χ4v) is 3.58. The summed E-state index contributed by atoms with van der Waals surface area (Å²) in [5, 5.41) is 6.41. The molecule has 2 heteroatoms. The third-order valence-corrected chi connectivity index (χ3v) is 4.95. The molecular weight excluding hydrogens is 214 g/mol. The van der Waals surface area contributed by atoms with Gasteiger partial charge in [-0.1, -0.05) is 57.2 Å². The van der Waals surface area contributed by atoms with E-state index in [4.69, 9.17) is 0 Å². The minimum Gasteiger partial charge on any atom is -0.263 e. The van der Waals surface area contributed by atoms with Gasteiger partial charge >= 0.3 is 0 Å². The summed E-state index contributed by atoms with van der Waals surface area (Å²) >= 11 is 1.88. The molecule has 0 aromatic carbocycles. The largest absolute Gasteiger partial charge is 0.263 e. The van der Waals surface area contributed by atoms with Gasteiger partial charge in [0.15, 0.2) is 0 Å². The number of nitrogens with zero attached hydrogens (tertiary/aromatic N) is 1. The Labute approximate surface area is 104 Å². The molecule has 1 fully saturated rings. The summed E-state index contributed by atoms with van der Waals surface area (Å²) in [6.07, 6.45) is 15.1. The van der Waals surface area contributed by atoms with Crippen molar-refractivity contribution in [3.05, 3.63) is 22.7 Å². The molecule has 0 unspecified atom stereocenters. The lowest BCUT2D eigenvalue weighted by molar-refractivity contribution is 0.335. The van der Waals surface area contributed by atoms with Crippen LogP contribution in [0.15, 0.2) is 22.7 Å². The SMILES string of the molecule is CC1(C2=C[N]C=CS2)CCCCCCCC1. The molecule has 1 aliphatic carbocycles. The van der Waals surface area contributed by atoms with E-state index in [2.05, 4.69) is 23.8 Å². The van der Waals surface area contributed by atoms with Crippen molar-refractivity contribution >= 4 is 11.8 Å². The Balaban J connectivity index is 2.03. The van der Waals surface area contributed by atoms with E-state index in [0.29, 0.717) is 5.41 Å². The molecule has 1 nitrogen and oxygen atoms in total. The highest BCUT2D eigenvalue weighted by Crippen LogP contribution is 2.45. The van der Waals surface area contributed by atoms with Gasteiger partial charge in [-0.25, -0.2) is 0 Å². The smallest absolute Gasteiger partial charge is 0.0372 e. The minimum atomic E-state index is 0.392. The van der Waals surface area contributed by atoms with Crippen LogP contribution in [0.5, 0.6) is 0 Å². The Kier molecular flexibility index (Phi) is 4.39. The van der Waals surface area contributed by atoms with Crippen molar-refractivity contribution in [1.82, 2.24) is 5.32 Å². The first kappa shape index (κ1) is 12.1. The number of allylic oxidation sites excluding steroid dienone is 1. The summed E-state index contributed by atoms with van der Waals surface area (Å²) in [5.74, 6) is 0. The number of hydrogen-bond acceptors (Lipinski definition) is 1. The molecule has 2 rings (SSSR count). The zero-order valence-electron chi connectivity index (χ0n) is 10.2. The fraction of sp³-hybridized carbons (Fsp3) is 0.714. The summed E-state index contributed by atoms with van der Waals surface area (Å²) in [6.45, 7) is 2.44. The number of hydrogen-bond donors (Lipinski definition) is 0. The monoisotopic (exact) mass is 236 g/mol. The van der Waals surface area contributed by atoms with Crippen LogP contribution in [-0.4, -0.2) is 0 Å². The quantitative estimate of drug-likeness (QED) is 0.638. The van der Waals surface area contributed by atoms with E-state index in [9.17, 15) is 0 Å². The molecule has 0 bridgehead atoms. The summed E-state index contributed by atoms with van der Waals surface area (Å²) in [6, 6.07) is 0. The molecule has 0 spiro atoms. The maximum absolute atomic E-state index is 4.29. The molecule has 0 saturated heterocycles. The molecule has 16 heavy (non-hydrogen) atoms. The van der Waals surface area contributed by atoms with Crippen LogP contribution in [0.4, 0.5) is 0 Å². The Hall–Kier alpha value is -0.370. The van der Waals surface area contributed by atoms with Gasteiger partial charge in [0.05, 0.1) is 0 Å². The first-order chi connectivity index (χ1) is 7.81. The molecule has 0 aromatic rings. The lowest BCUT2D eigenvalue weighted by Gasteiger charge is -2.32. The molecule has 1 heterocycles. The van der Waals surface area contributed by atoms with Crippen LogP contribution in [-0.2, 0) is 0 Å². The highest BCUT2D eigenvalue weighted by atomic mass is 32.2. The predicted molar refractivity (Wildman–Crippen MR) is 72.0 cm³/mol. The summed E-state index contributed by atoms with van der Waals surface area (Å²) in [4.78, 5) is 1.48. The van der Waals surface area contributed by atoms with Crippen LogP contribution in [0, 0.1) is 5.41 Å². The standard InChI is InChI=1S/C14H22NS/c1-14(13-12-15-10-11-16-13)8-6-4-2-3-5-7-9-14/h10-12H,2-9H2,1H3. The highest BCUT2D eigenvalue weighted by Gasteiger charge is 2.29. The van der Waals surface area contributed by atoms with Crippen molar-refractivity contribution in [2.75, 3.05) is 0 Å². The highest BCUT2D eigenvalue weighted by molar-refractivity contribution is 8.05. The van der Waals surface area contributed by atoms with Gasteiger partial charge in [-0.3, -0.25) is 5.32 Å². The zero-order chi connectivity index (χ0) is 11.3. The van der Waals surface area contributed by atoms with E-state index < -0.39 is 0 Å². The van der Waals surface area contributed by atoms with Gasteiger partial charge in [0.25, 0.3) is 0 Å². The predicted octanol–water partition coefficient (Wildman–Crippen LogP) is 4.79. The lowest BCUT2D eigenvalue weighted by atomic mass is 9.80. The first-order valence-corrected chi connectivity index (χ1v) is 7.41. The minimum absolute atomic E-state index is 0.392. The number of rotatable bonds is 1. The van der Waals surface area contributed by atoms with Crippen LogP contribution in [0.25, 0.3) is 0 Å². The van der Waals surface area contributed by atoms with Crippen LogP contribution in [0.2, 0.25) is 0 Å². The van der Waals surface area contributed by atoms with Crippen molar-refractivity contribution in [2.45, 2.75) is 58.3 Å². The molecule has 1 saturated carbocycles. The molecule has 0 atom stereocenters. The lowest BCUT2D eigenvalue weighted by Crippen LogP contribution is -2.19. The van der Waals surface area contributed by atoms with Gasteiger partial charge in [0.1, 0.15) is 0 Å². The van der Waals surface area contributed by atoms with Crippen molar-refractivity contribution in [2.24, 2.45) is 5.41 Å². The average molecular weight is 236 g/mol. The molecule has 2 aliphatic rings. The van der Waals surface area contributed by atoms with Crippen molar-refractivity contribution in [3.8, 4) is 0 Å². The van der Waals surface area contributed by atoms with E-state index in [0.717, 1.165) is 0 Å². The van der Waals surface area contributed by atoms with Gasteiger partial charge < -0.3 is 0 Å². The van der Waals surface area contributed by atoms with Crippen LogP contribution < -0.4 is 5.32 Å². The summed E-state index contributed by atoms with van der Waals surface area (Å²) in [7, 11) is 0. The van der Waals surface area contributed by atoms with Crippen molar-refractivity contribution in [3.63, 3.8) is 0 Å². The van der Waals surface area contributed by atoms with E-state index in [1.165, 1.54) is 56.3 Å². The molecule has 0 aromatic heterocycles. The van der Waals surface area contributed by atoms with E-state index in [1.54, 1.807) is 0 Å². The normalized spacial score (nSPS) is 25.9. The number of thioether (sulfide) groups is 1. The Morgan fingerprint density at radius 1 is 1.06 bits per heavy atom. The van der Waals surface area contributed by atoms with Gasteiger partial charge in [-0.05, 0) is 18.2 Å². The second-order valence-corrected chi connectivity index (χ2v) is 6.18. The molecule has 0 amide bonds. The Morgan fingerprint density at radius 2 is 1.69 bits per heavy atom. The third-order valence-electron chi connectivity index (χ3n) is 3.84. The average Bonchev–Trinajstić information content (AvgIpc) is 2.43. The second-order valence-electron chi connectivity index (χ2n) is 5.23. The molecule has 1 aliphatic heterocycles. The van der Waals surface area contributed by atoms with Crippen molar-refractivity contribution in [1.29, 1.82) is 0 Å². The van der Waals surface area contributed by atoms with E-state index in [1.807, 2.05) is 18.0 Å². The zero-order valence-corrected chi connectivity index (χ0v) is 11.1. The Morgan fingerprint density at radius 3 is 2.25 bits per heavy atom. The topological polar surface area (TPSA) is 14.1 Å². The summed E-state index contributed by atoms with van der Waals surface area (Å²) < 4.78 is 0. The maximum Gasteiger partial charge on any atom is 0.0372 e. The third kappa shape index (κ3) is 3.07. The molecular formula is C14H22NS. The van der Waals surface area contributed by atoms with E-state index in [-0.39, 0.29) is 0 Å². The van der Waals surface area contributed by atoms with Gasteiger partial charge in [-0.15, -0.1) is 0 Å². The van der Waals surface area contributed by atoms with E-state index >= 15 is 0 Å². The first-order valence-electron chi connectivity index (χ1n) is 6.54. The second kappa shape index (κ2) is 5.81. The maximum atomic E-state index is 4.29. The molecule has 1 radical (unpaired) electrons. The van der Waals surface area contributed by atoms with Crippen LogP contribution in [0.1, 0.15) is 58.3 Å². The fourth-order valence-electron chi connectivity index (χ4n) is 2.69. The van der Waals surface area contributed by atoms with Crippen LogP contribution >= 0.6 is 11.8 Å². The molecule has 89 valence electrons. The van der Waals surface area contributed by atoms with Gasteiger partial charge in [-0.2, -0.15) is 0 Å². The van der Waals surface area contributed by atoms with Gasteiger partial charge in [0.2, 0.25) is 0 Å². The summed E-state index contributed by atoms with van der Waals surface area (Å²) in [5.41, 5.74) is 0.392. The van der Waals surface area contributed by atoms with Crippen molar-refractivity contribution < 1.29 is 0 Å².